The molecule has 0 saturated heterocycles. The maximum absolute atomic E-state index is 13.0. The summed E-state index contributed by atoms with van der Waals surface area (Å²) in [6.45, 7) is 0.268. The Morgan fingerprint density at radius 3 is 2.84 bits per heavy atom. The van der Waals surface area contributed by atoms with Gasteiger partial charge in [0.25, 0.3) is 0 Å². The fourth-order valence-corrected chi connectivity index (χ4v) is 1.87. The Hall–Kier alpha value is -2.56. The Morgan fingerprint density at radius 1 is 1.21 bits per heavy atom. The highest BCUT2D eigenvalue weighted by atomic mass is 19.1. The van der Waals surface area contributed by atoms with Crippen LogP contribution in [-0.2, 0) is 6.61 Å². The minimum Gasteiger partial charge on any atom is -0.487 e. The molecule has 0 fully saturated rings. The van der Waals surface area contributed by atoms with Crippen LogP contribution < -0.4 is 10.5 Å². The average Bonchev–Trinajstić information content (AvgIpc) is 2.81. The molecule has 96 valence electrons. The summed E-state index contributed by atoms with van der Waals surface area (Å²) in [6, 6.07) is 11.5. The van der Waals surface area contributed by atoms with E-state index in [1.807, 2.05) is 18.3 Å². The second-order valence-corrected chi connectivity index (χ2v) is 4.16. The fourth-order valence-electron chi connectivity index (χ4n) is 1.87. The molecule has 0 amide bonds. The van der Waals surface area contributed by atoms with Crippen molar-refractivity contribution < 1.29 is 9.13 Å². The van der Waals surface area contributed by atoms with Gasteiger partial charge in [-0.15, -0.1) is 0 Å². The van der Waals surface area contributed by atoms with Gasteiger partial charge < -0.3 is 10.5 Å². The zero-order valence-corrected chi connectivity index (χ0v) is 10.1. The van der Waals surface area contributed by atoms with Gasteiger partial charge in [-0.05, 0) is 24.3 Å². The summed E-state index contributed by atoms with van der Waals surface area (Å²) >= 11 is 0. The van der Waals surface area contributed by atoms with E-state index in [1.165, 1.54) is 12.1 Å². The van der Waals surface area contributed by atoms with E-state index in [1.54, 1.807) is 22.6 Å². The first-order valence-corrected chi connectivity index (χ1v) is 5.83. The molecule has 4 nitrogen and oxygen atoms in total. The maximum atomic E-state index is 13.0. The predicted octanol–water partition coefficient (Wildman–Crippen LogP) is 2.63. The van der Waals surface area contributed by atoms with Crippen LogP contribution in [0.1, 0.15) is 5.69 Å². The number of imidazole rings is 1. The topological polar surface area (TPSA) is 52.5 Å². The van der Waals surface area contributed by atoms with Gasteiger partial charge in [-0.25, -0.2) is 9.37 Å². The Bertz CT molecular complexity index is 724. The minimum atomic E-state index is -0.322. The second-order valence-electron chi connectivity index (χ2n) is 4.16. The van der Waals surface area contributed by atoms with Crippen LogP contribution in [0.2, 0.25) is 0 Å². The van der Waals surface area contributed by atoms with Crippen molar-refractivity contribution in [1.29, 1.82) is 0 Å². The molecule has 5 heteroatoms. The number of rotatable bonds is 3. The number of fused-ring (bicyclic) bond motifs is 1. The number of pyridine rings is 1. The molecule has 0 atom stereocenters. The van der Waals surface area contributed by atoms with Crippen molar-refractivity contribution in [3.8, 4) is 5.75 Å². The van der Waals surface area contributed by atoms with Crippen LogP contribution in [-0.4, -0.2) is 9.38 Å². The summed E-state index contributed by atoms with van der Waals surface area (Å²) in [5.74, 6) is 0.767. The van der Waals surface area contributed by atoms with Crippen molar-refractivity contribution in [2.24, 2.45) is 0 Å². The lowest BCUT2D eigenvalue weighted by Crippen LogP contribution is -1.96. The smallest absolute Gasteiger partial charge is 0.138 e. The van der Waals surface area contributed by atoms with Gasteiger partial charge in [0.05, 0.1) is 5.69 Å². The first-order valence-electron chi connectivity index (χ1n) is 5.83. The van der Waals surface area contributed by atoms with E-state index in [2.05, 4.69) is 4.98 Å². The molecule has 0 bridgehead atoms. The monoisotopic (exact) mass is 257 g/mol. The van der Waals surface area contributed by atoms with E-state index in [-0.39, 0.29) is 12.4 Å². The normalized spacial score (nSPS) is 10.8. The van der Waals surface area contributed by atoms with Crippen LogP contribution in [0.4, 0.5) is 10.2 Å². The third-order valence-corrected chi connectivity index (χ3v) is 2.76. The maximum Gasteiger partial charge on any atom is 0.138 e. The first-order chi connectivity index (χ1) is 9.22. The molecule has 2 heterocycles. The number of nitrogens with zero attached hydrogens (tertiary/aromatic N) is 2. The van der Waals surface area contributed by atoms with E-state index in [9.17, 15) is 4.39 Å². The van der Waals surface area contributed by atoms with Crippen LogP contribution in [0.25, 0.3) is 5.65 Å². The van der Waals surface area contributed by atoms with E-state index in [0.29, 0.717) is 11.6 Å². The molecule has 2 aromatic heterocycles. The van der Waals surface area contributed by atoms with Crippen LogP contribution >= 0.6 is 0 Å². The van der Waals surface area contributed by atoms with E-state index in [4.69, 9.17) is 10.5 Å². The Labute approximate surface area is 109 Å². The fraction of sp³-hybridized carbons (Fsp3) is 0.0714. The number of hydrogen-bond acceptors (Lipinski definition) is 3. The molecule has 0 spiro atoms. The summed E-state index contributed by atoms with van der Waals surface area (Å²) < 4.78 is 20.3. The highest BCUT2D eigenvalue weighted by Gasteiger charge is 2.04. The molecule has 3 rings (SSSR count). The molecule has 0 aliphatic heterocycles. The van der Waals surface area contributed by atoms with Gasteiger partial charge >= 0.3 is 0 Å². The number of aromatic nitrogens is 2. The molecule has 19 heavy (non-hydrogen) atoms. The lowest BCUT2D eigenvalue weighted by atomic mass is 10.3. The van der Waals surface area contributed by atoms with Gasteiger partial charge in [-0.3, -0.25) is 4.40 Å². The number of benzene rings is 1. The van der Waals surface area contributed by atoms with Crippen molar-refractivity contribution in [3.05, 3.63) is 60.2 Å². The van der Waals surface area contributed by atoms with E-state index in [0.717, 1.165) is 11.3 Å². The summed E-state index contributed by atoms with van der Waals surface area (Å²) in [5, 5.41) is 0. The predicted molar refractivity (Wildman–Crippen MR) is 70.3 cm³/mol. The molecule has 1 aromatic carbocycles. The quantitative estimate of drug-likeness (QED) is 0.784. The molecule has 0 unspecified atom stereocenters. The van der Waals surface area contributed by atoms with E-state index < -0.39 is 0 Å². The van der Waals surface area contributed by atoms with Gasteiger partial charge in [0.15, 0.2) is 0 Å². The van der Waals surface area contributed by atoms with Crippen LogP contribution in [0.3, 0.4) is 0 Å². The molecular formula is C14H12FN3O. The van der Waals surface area contributed by atoms with Gasteiger partial charge in [-0.2, -0.15) is 0 Å². The van der Waals surface area contributed by atoms with E-state index >= 15 is 0 Å². The van der Waals surface area contributed by atoms with Crippen LogP contribution in [0, 0.1) is 5.82 Å². The zero-order valence-electron chi connectivity index (χ0n) is 10.1. The van der Waals surface area contributed by atoms with Gasteiger partial charge in [0.2, 0.25) is 0 Å². The lowest BCUT2D eigenvalue weighted by molar-refractivity contribution is 0.300. The number of anilines is 1. The SMILES string of the molecule is Nc1cccc2nc(COc3cccc(F)c3)cn12. The number of nitrogens with two attached hydrogens (primary N) is 1. The van der Waals surface area contributed by atoms with Crippen molar-refractivity contribution in [1.82, 2.24) is 9.38 Å². The van der Waals surface area contributed by atoms with Gasteiger partial charge in [0, 0.05) is 12.3 Å². The number of nitrogen functional groups attached to an aromatic ring is 1. The van der Waals surface area contributed by atoms with Crippen LogP contribution in [0.15, 0.2) is 48.7 Å². The molecule has 0 saturated carbocycles. The third kappa shape index (κ3) is 2.35. The highest BCUT2D eigenvalue weighted by molar-refractivity contribution is 5.48. The summed E-state index contributed by atoms with van der Waals surface area (Å²) in [4.78, 5) is 4.38. The minimum absolute atomic E-state index is 0.268. The molecule has 0 aliphatic rings. The Kier molecular flexibility index (Phi) is 2.79. The molecule has 0 aliphatic carbocycles. The molecule has 2 N–H and O–H groups in total. The van der Waals surface area contributed by atoms with Gasteiger partial charge in [-0.1, -0.05) is 12.1 Å². The van der Waals surface area contributed by atoms with Gasteiger partial charge in [0.1, 0.15) is 29.6 Å². The molecule has 0 radical (unpaired) electrons. The van der Waals surface area contributed by atoms with Crippen molar-refractivity contribution in [3.63, 3.8) is 0 Å². The van der Waals surface area contributed by atoms with Crippen molar-refractivity contribution in [2.45, 2.75) is 6.61 Å². The first kappa shape index (κ1) is 11.5. The zero-order chi connectivity index (χ0) is 13.2. The molecule has 3 aromatic rings. The van der Waals surface area contributed by atoms with Crippen molar-refractivity contribution in [2.75, 3.05) is 5.73 Å². The second kappa shape index (κ2) is 4.61. The highest BCUT2D eigenvalue weighted by Crippen LogP contribution is 2.15. The Balaban J connectivity index is 1.80. The standard InChI is InChI=1S/C14H12FN3O/c15-10-3-1-4-12(7-10)19-9-11-8-18-13(16)5-2-6-14(18)17-11/h1-8H,9,16H2. The van der Waals surface area contributed by atoms with Crippen molar-refractivity contribution >= 4 is 11.5 Å². The number of ether oxygens (including phenoxy) is 1. The Morgan fingerprint density at radius 2 is 2.05 bits per heavy atom. The summed E-state index contributed by atoms with van der Waals surface area (Å²) in [6.07, 6.45) is 1.81. The summed E-state index contributed by atoms with van der Waals surface area (Å²) in [5.41, 5.74) is 7.33. The number of hydrogen-bond donors (Lipinski definition) is 1. The third-order valence-electron chi connectivity index (χ3n) is 2.76. The average molecular weight is 257 g/mol. The molecular weight excluding hydrogens is 245 g/mol. The number of halogens is 1. The largest absolute Gasteiger partial charge is 0.487 e. The van der Waals surface area contributed by atoms with Crippen LogP contribution in [0.5, 0.6) is 5.75 Å². The lowest BCUT2D eigenvalue weighted by Gasteiger charge is -2.03. The summed E-state index contributed by atoms with van der Waals surface area (Å²) in [7, 11) is 0.